The summed E-state index contributed by atoms with van der Waals surface area (Å²) in [4.78, 5) is 100. The Labute approximate surface area is 415 Å². The molecule has 0 radical (unpaired) electrons. The molecule has 5 aliphatic rings. The van der Waals surface area contributed by atoms with E-state index in [2.05, 4.69) is 30.7 Å². The van der Waals surface area contributed by atoms with Crippen molar-refractivity contribution in [3.63, 3.8) is 0 Å². The number of likely N-dealkylation sites (N-methyl/N-ethyl adjacent to an activating group) is 1. The van der Waals surface area contributed by atoms with Gasteiger partial charge in [-0.1, -0.05) is 11.6 Å². The molecule has 0 bridgehead atoms. The molecule has 3 saturated heterocycles. The number of carbonyl (C=O) groups excluding carboxylic acids is 5. The van der Waals surface area contributed by atoms with E-state index in [1.807, 2.05) is 45.9 Å². The minimum Gasteiger partial charge on any atom is -0.491 e. The first-order chi connectivity index (χ1) is 34.1. The van der Waals surface area contributed by atoms with Gasteiger partial charge in [0.2, 0.25) is 17.8 Å². The molecule has 71 heavy (non-hydrogen) atoms. The van der Waals surface area contributed by atoms with Gasteiger partial charge in [-0.3, -0.25) is 43.8 Å². The molecule has 20 nitrogen and oxygen atoms in total. The van der Waals surface area contributed by atoms with Crippen LogP contribution in [0.25, 0.3) is 10.9 Å². The van der Waals surface area contributed by atoms with Crippen LogP contribution in [0.2, 0.25) is 5.02 Å². The Hall–Kier alpha value is -6.64. The lowest BCUT2D eigenvalue weighted by Crippen LogP contribution is -2.54. The van der Waals surface area contributed by atoms with Gasteiger partial charge in [0.25, 0.3) is 29.8 Å². The number of aromatic nitrogens is 3. The average Bonchev–Trinajstić information content (AvgIpc) is 3.56. The van der Waals surface area contributed by atoms with Crippen molar-refractivity contribution in [2.24, 2.45) is 0 Å². The third-order valence-corrected chi connectivity index (χ3v) is 14.0. The van der Waals surface area contributed by atoms with Gasteiger partial charge in [-0.25, -0.2) is 4.98 Å². The fourth-order valence-electron chi connectivity index (χ4n) is 10.1. The van der Waals surface area contributed by atoms with Crippen LogP contribution in [0.3, 0.4) is 0 Å². The van der Waals surface area contributed by atoms with Gasteiger partial charge in [-0.2, -0.15) is 4.98 Å². The Kier molecular flexibility index (Phi) is 15.6. The monoisotopic (exact) mass is 997 g/mol. The highest BCUT2D eigenvalue weighted by molar-refractivity contribution is 6.33. The number of halogens is 1. The van der Waals surface area contributed by atoms with Crippen LogP contribution in [0.5, 0.6) is 11.5 Å². The number of anilines is 3. The van der Waals surface area contributed by atoms with Crippen LogP contribution in [0.1, 0.15) is 117 Å². The van der Waals surface area contributed by atoms with Gasteiger partial charge in [0, 0.05) is 49.7 Å². The number of pyridine rings is 1. The van der Waals surface area contributed by atoms with E-state index >= 15 is 0 Å². The number of carbonyl (C=O) groups is 6. The second-order valence-electron chi connectivity index (χ2n) is 19.0. The summed E-state index contributed by atoms with van der Waals surface area (Å²) in [6.07, 6.45) is 7.34. The Morgan fingerprint density at radius 3 is 2.25 bits per heavy atom. The minimum absolute atomic E-state index is 0.0658. The summed E-state index contributed by atoms with van der Waals surface area (Å²) in [6, 6.07) is 10.0. The molecule has 4 fully saturated rings. The van der Waals surface area contributed by atoms with E-state index in [1.54, 1.807) is 29.0 Å². The van der Waals surface area contributed by atoms with Gasteiger partial charge < -0.3 is 44.3 Å². The fourth-order valence-corrected chi connectivity index (χ4v) is 10.3. The van der Waals surface area contributed by atoms with Crippen LogP contribution in [0.15, 0.2) is 47.4 Å². The SMILES string of the molecule is CNC(=O)COc1cc2cc(Nc3nc(N4CCC(OC5CC(N6CCC(c7cc8c(cc7OC(C)C)C(=O)N(C7CCC(=O)NC7=O)C8=O)CC6)C5)CC4)ncc3Cl)ccc2n(C(C)C)c1=O.O=CO. The first-order valence-corrected chi connectivity index (χ1v) is 24.6. The molecular formula is C50H60ClN9O11. The maximum absolute atomic E-state index is 13.7. The molecular weight excluding hydrogens is 938 g/mol. The predicted octanol–water partition coefficient (Wildman–Crippen LogP) is 5.18. The highest BCUT2D eigenvalue weighted by Crippen LogP contribution is 2.42. The number of ether oxygens (including phenoxy) is 3. The summed E-state index contributed by atoms with van der Waals surface area (Å²) >= 11 is 6.61. The normalized spacial score (nSPS) is 20.9. The Morgan fingerprint density at radius 2 is 1.61 bits per heavy atom. The number of rotatable bonds is 14. The second kappa shape index (κ2) is 21.8. The Morgan fingerprint density at radius 1 is 0.915 bits per heavy atom. The van der Waals surface area contributed by atoms with Crippen LogP contribution in [0, 0.1) is 0 Å². The molecule has 4 aliphatic heterocycles. The van der Waals surface area contributed by atoms with Gasteiger partial charge >= 0.3 is 0 Å². The van der Waals surface area contributed by atoms with Crippen molar-refractivity contribution in [3.8, 4) is 11.5 Å². The minimum atomic E-state index is -1.02. The third kappa shape index (κ3) is 11.0. The number of fused-ring (bicyclic) bond motifs is 2. The molecule has 21 heteroatoms. The first-order valence-electron chi connectivity index (χ1n) is 24.2. The number of hydrogen-bond donors (Lipinski definition) is 4. The first kappa shape index (κ1) is 50.7. The van der Waals surface area contributed by atoms with Crippen molar-refractivity contribution in [2.75, 3.05) is 50.1 Å². The zero-order valence-electron chi connectivity index (χ0n) is 40.4. The molecule has 9 rings (SSSR count). The number of nitrogens with zero attached hydrogens (tertiary/aromatic N) is 6. The molecule has 1 atom stereocenters. The van der Waals surface area contributed by atoms with E-state index in [1.165, 1.54) is 7.05 Å². The summed E-state index contributed by atoms with van der Waals surface area (Å²) in [5.74, 6) is -0.590. The van der Waals surface area contributed by atoms with Crippen molar-refractivity contribution in [3.05, 3.63) is 74.7 Å². The molecule has 6 heterocycles. The van der Waals surface area contributed by atoms with Crippen molar-refractivity contribution in [2.45, 2.75) is 121 Å². The summed E-state index contributed by atoms with van der Waals surface area (Å²) in [5, 5.41) is 16.1. The molecule has 1 saturated carbocycles. The smallest absolute Gasteiger partial charge is 0.293 e. The van der Waals surface area contributed by atoms with E-state index in [0.29, 0.717) is 34.3 Å². The summed E-state index contributed by atoms with van der Waals surface area (Å²) in [5.41, 5.74) is 2.53. The quantitative estimate of drug-likeness (QED) is 0.0940. The summed E-state index contributed by atoms with van der Waals surface area (Å²) in [7, 11) is 1.51. The number of nitrogens with one attached hydrogen (secondary N) is 3. The molecule has 1 unspecified atom stereocenters. The van der Waals surface area contributed by atoms with E-state index in [-0.39, 0.29) is 84.5 Å². The Bertz CT molecular complexity index is 2760. The lowest BCUT2D eigenvalue weighted by atomic mass is 9.82. The predicted molar refractivity (Wildman–Crippen MR) is 263 cm³/mol. The number of carboxylic acid groups (broad SMARTS) is 1. The van der Waals surface area contributed by atoms with E-state index < -0.39 is 29.7 Å². The van der Waals surface area contributed by atoms with Gasteiger partial charge in [0.1, 0.15) is 16.8 Å². The van der Waals surface area contributed by atoms with Crippen molar-refractivity contribution in [1.82, 2.24) is 35.0 Å². The van der Waals surface area contributed by atoms with Crippen LogP contribution in [-0.2, 0) is 23.9 Å². The topological polar surface area (TPSA) is 244 Å². The van der Waals surface area contributed by atoms with Crippen molar-refractivity contribution >= 4 is 76.0 Å². The molecule has 4 aromatic rings. The Balaban J connectivity index is 0.00000220. The number of piperidine rings is 3. The largest absolute Gasteiger partial charge is 0.491 e. The fraction of sp³-hybridized carbons (Fsp3) is 0.500. The lowest BCUT2D eigenvalue weighted by Gasteiger charge is -2.47. The number of benzene rings is 2. The highest BCUT2D eigenvalue weighted by atomic mass is 35.5. The van der Waals surface area contributed by atoms with Crippen molar-refractivity contribution in [1.29, 1.82) is 0 Å². The second-order valence-corrected chi connectivity index (χ2v) is 19.4. The zero-order valence-corrected chi connectivity index (χ0v) is 41.2. The van der Waals surface area contributed by atoms with Crippen LogP contribution >= 0.6 is 11.6 Å². The van der Waals surface area contributed by atoms with Gasteiger partial charge in [-0.15, -0.1) is 0 Å². The van der Waals surface area contributed by atoms with Crippen LogP contribution in [0.4, 0.5) is 17.5 Å². The molecule has 378 valence electrons. The van der Waals surface area contributed by atoms with E-state index in [9.17, 15) is 28.8 Å². The molecule has 2 aromatic carbocycles. The number of hydrogen-bond acceptors (Lipinski definition) is 15. The number of likely N-dealkylation sites (tertiary alicyclic amines) is 1. The maximum atomic E-state index is 13.7. The average molecular weight is 999 g/mol. The molecule has 1 aliphatic carbocycles. The van der Waals surface area contributed by atoms with Crippen molar-refractivity contribution < 1.29 is 48.1 Å². The highest BCUT2D eigenvalue weighted by Gasteiger charge is 2.46. The molecule has 2 aromatic heterocycles. The third-order valence-electron chi connectivity index (χ3n) is 13.7. The maximum Gasteiger partial charge on any atom is 0.293 e. The molecule has 5 amide bonds. The van der Waals surface area contributed by atoms with Gasteiger partial charge in [0.05, 0.1) is 41.2 Å². The summed E-state index contributed by atoms with van der Waals surface area (Å²) < 4.78 is 20.1. The standard InChI is InChI=1S/C49H58ClN9O9.CH2O2/c1-26(2)58-38-7-6-30(18-29(38)19-41(48(58)65)66-25-43(61)51-5)53-44-37(50)24-52-49(55-44)57-16-12-32(13-17-57)68-33-20-31(21-33)56-14-10-28(11-15-56)34-22-35-36(23-40(34)67-27(3)4)47(64)59(46(35)63)39-8-9-42(60)54-45(39)62;2-1-3/h6-7,18-19,22-24,26-28,31-33,39H,8-17,20-21,25H2,1-5H3,(H,51,61)(H,52,53,55)(H,54,60,62);1H,(H,2,3). The van der Waals surface area contributed by atoms with Gasteiger partial charge in [0.15, 0.2) is 18.2 Å². The number of amides is 5. The molecule has 4 N–H and O–H groups in total. The molecule has 0 spiro atoms. The van der Waals surface area contributed by atoms with Crippen LogP contribution in [-0.4, -0.2) is 136 Å². The number of imide groups is 2. The van der Waals surface area contributed by atoms with Gasteiger partial charge in [-0.05, 0) is 134 Å². The van der Waals surface area contributed by atoms with E-state index in [0.717, 1.165) is 86.1 Å². The van der Waals surface area contributed by atoms with E-state index in [4.69, 9.17) is 40.7 Å². The van der Waals surface area contributed by atoms with Crippen LogP contribution < -0.4 is 35.9 Å². The lowest BCUT2D eigenvalue weighted by molar-refractivity contribution is -0.136. The summed E-state index contributed by atoms with van der Waals surface area (Å²) in [6.45, 7) is 10.4. The zero-order chi connectivity index (χ0) is 50.7.